The summed E-state index contributed by atoms with van der Waals surface area (Å²) in [6.45, 7) is 3.54. The Bertz CT molecular complexity index is 334. The molecule has 102 valence electrons. The van der Waals surface area contributed by atoms with Crippen LogP contribution in [-0.2, 0) is 9.59 Å². The molecule has 0 spiro atoms. The van der Waals surface area contributed by atoms with Gasteiger partial charge in [-0.1, -0.05) is 6.08 Å². The van der Waals surface area contributed by atoms with Crippen LogP contribution in [0.3, 0.4) is 0 Å². The third-order valence-corrected chi connectivity index (χ3v) is 2.26. The molecule has 1 N–H and O–H groups in total. The molecule has 0 unspecified atom stereocenters. The van der Waals surface area contributed by atoms with Crippen molar-refractivity contribution in [2.75, 3.05) is 0 Å². The number of carboxylic acid groups (broad SMARTS) is 2. The van der Waals surface area contributed by atoms with E-state index in [1.165, 1.54) is 0 Å². The number of carbonyl (C=O) groups is 2. The Balaban J connectivity index is -0.00000144. The summed E-state index contributed by atoms with van der Waals surface area (Å²) >= 11 is 0. The van der Waals surface area contributed by atoms with E-state index in [2.05, 4.69) is 11.6 Å². The van der Waals surface area contributed by atoms with Crippen LogP contribution in [0.4, 0.5) is 0 Å². The predicted octanol–water partition coefficient (Wildman–Crippen LogP) is -6.52. The fourth-order valence-corrected chi connectivity index (χ4v) is 1.30. The zero-order valence-electron chi connectivity index (χ0n) is 12.1. The third-order valence-electron chi connectivity index (χ3n) is 2.26. The van der Waals surface area contributed by atoms with Crippen LogP contribution in [0.2, 0.25) is 0 Å². The molecule has 8 heteroatoms. The van der Waals surface area contributed by atoms with E-state index in [9.17, 15) is 19.8 Å². The SMILES string of the molecule is C=CCCCCC([O-])=N[C@@H](CCC(=O)[O-])C(=O)O.[K+].[K+]. The number of carbonyl (C=O) groups excluding carboxylic acids is 1. The first-order chi connectivity index (χ1) is 8.47. The maximum absolute atomic E-state index is 11.3. The minimum Gasteiger partial charge on any atom is -0.862 e. The van der Waals surface area contributed by atoms with Crippen LogP contribution in [0.15, 0.2) is 17.6 Å². The standard InChI is InChI=1S/C12H19NO5.2K/c1-2-3-4-5-6-10(14)13-9(12(17)18)7-8-11(15)16;;/h2,9H,1,3-8H2,(H,13,14)(H,15,16)(H,17,18);;/q;2*+1/p-2/t9-;;/m0../s1. The molecular weight excluding hydrogens is 316 g/mol. The zero-order chi connectivity index (χ0) is 14.0. The Morgan fingerprint density at radius 1 is 1.20 bits per heavy atom. The quantitative estimate of drug-likeness (QED) is 0.140. The van der Waals surface area contributed by atoms with Gasteiger partial charge in [0.1, 0.15) is 6.04 Å². The van der Waals surface area contributed by atoms with E-state index in [4.69, 9.17) is 5.11 Å². The number of nitrogens with zero attached hydrogens (tertiary/aromatic N) is 1. The molecule has 20 heavy (non-hydrogen) atoms. The van der Waals surface area contributed by atoms with E-state index in [1.807, 2.05) is 0 Å². The van der Waals surface area contributed by atoms with Gasteiger partial charge in [-0.3, -0.25) is 4.99 Å². The maximum atomic E-state index is 11.3. The topological polar surface area (TPSA) is 113 Å². The molecule has 0 aromatic rings. The summed E-state index contributed by atoms with van der Waals surface area (Å²) in [7, 11) is 0. The number of carboxylic acids is 2. The average Bonchev–Trinajstić information content (AvgIpc) is 2.29. The van der Waals surface area contributed by atoms with Crippen molar-refractivity contribution in [3.8, 4) is 0 Å². The fourth-order valence-electron chi connectivity index (χ4n) is 1.30. The van der Waals surface area contributed by atoms with Crippen LogP contribution in [-0.4, -0.2) is 29.0 Å². The Kier molecular flexibility index (Phi) is 22.1. The minimum absolute atomic E-state index is 0. The molecule has 0 rings (SSSR count). The van der Waals surface area contributed by atoms with Crippen molar-refractivity contribution in [1.29, 1.82) is 0 Å². The molecule has 0 aliphatic carbocycles. The van der Waals surface area contributed by atoms with Crippen LogP contribution in [0.1, 0.15) is 38.5 Å². The Morgan fingerprint density at radius 3 is 2.25 bits per heavy atom. The van der Waals surface area contributed by atoms with E-state index in [-0.39, 0.29) is 116 Å². The number of allylic oxidation sites excluding steroid dienone is 1. The van der Waals surface area contributed by atoms with E-state index in [0.29, 0.717) is 6.42 Å². The molecule has 0 fully saturated rings. The van der Waals surface area contributed by atoms with Crippen molar-refractivity contribution in [1.82, 2.24) is 0 Å². The number of aliphatic imine (C=N–C) groups is 1. The van der Waals surface area contributed by atoms with Crippen molar-refractivity contribution in [2.24, 2.45) is 4.99 Å². The van der Waals surface area contributed by atoms with Gasteiger partial charge in [0.15, 0.2) is 0 Å². The second kappa shape index (κ2) is 16.8. The number of unbranched alkanes of at least 4 members (excludes halogenated alkanes) is 2. The van der Waals surface area contributed by atoms with Gasteiger partial charge in [0.2, 0.25) is 0 Å². The molecule has 0 aromatic heterocycles. The average molecular weight is 333 g/mol. The molecule has 0 aliphatic heterocycles. The summed E-state index contributed by atoms with van der Waals surface area (Å²) in [5.41, 5.74) is 0. The zero-order valence-corrected chi connectivity index (χ0v) is 18.4. The first kappa shape index (κ1) is 26.3. The van der Waals surface area contributed by atoms with Crippen molar-refractivity contribution >= 4 is 17.8 Å². The van der Waals surface area contributed by atoms with Gasteiger partial charge < -0.3 is 20.1 Å². The monoisotopic (exact) mass is 333 g/mol. The summed E-state index contributed by atoms with van der Waals surface area (Å²) < 4.78 is 0. The number of hydrogen-bond donors (Lipinski definition) is 1. The van der Waals surface area contributed by atoms with Gasteiger partial charge >= 0.3 is 109 Å². The molecule has 6 nitrogen and oxygen atoms in total. The van der Waals surface area contributed by atoms with Crippen molar-refractivity contribution in [2.45, 2.75) is 44.6 Å². The Labute approximate surface area is 204 Å². The summed E-state index contributed by atoms with van der Waals surface area (Å²) in [4.78, 5) is 24.5. The van der Waals surface area contributed by atoms with Crippen LogP contribution >= 0.6 is 0 Å². The number of rotatable bonds is 10. The van der Waals surface area contributed by atoms with Gasteiger partial charge in [-0.05, 0) is 44.4 Å². The smallest absolute Gasteiger partial charge is 0.862 e. The van der Waals surface area contributed by atoms with E-state index in [0.717, 1.165) is 12.8 Å². The molecule has 0 saturated heterocycles. The first-order valence-electron chi connectivity index (χ1n) is 5.74. The number of hydrogen-bond acceptors (Lipinski definition) is 5. The molecular formula is C12H17K2NO5. The molecule has 0 aromatic carbocycles. The van der Waals surface area contributed by atoms with Gasteiger partial charge in [0.25, 0.3) is 0 Å². The van der Waals surface area contributed by atoms with Crippen LogP contribution in [0.25, 0.3) is 0 Å². The van der Waals surface area contributed by atoms with Crippen molar-refractivity contribution in [3.63, 3.8) is 0 Å². The van der Waals surface area contributed by atoms with Crippen molar-refractivity contribution in [3.05, 3.63) is 12.7 Å². The van der Waals surface area contributed by atoms with Gasteiger partial charge in [0, 0.05) is 5.97 Å². The Morgan fingerprint density at radius 2 is 1.80 bits per heavy atom. The summed E-state index contributed by atoms with van der Waals surface area (Å²) in [5, 5.41) is 30.3. The molecule has 0 radical (unpaired) electrons. The Hall–Kier alpha value is 1.42. The third kappa shape index (κ3) is 15.8. The largest absolute Gasteiger partial charge is 1.00 e. The minimum atomic E-state index is -1.35. The molecule has 0 amide bonds. The van der Waals surface area contributed by atoms with Gasteiger partial charge in [-0.15, -0.1) is 6.58 Å². The molecule has 1 atom stereocenters. The molecule has 0 heterocycles. The fraction of sp³-hybridized carbons (Fsp3) is 0.583. The van der Waals surface area contributed by atoms with Gasteiger partial charge in [-0.25, -0.2) is 4.79 Å². The first-order valence-corrected chi connectivity index (χ1v) is 5.74. The van der Waals surface area contributed by atoms with Crippen molar-refractivity contribution < 1.29 is 128 Å². The van der Waals surface area contributed by atoms with E-state index >= 15 is 0 Å². The molecule has 0 aliphatic rings. The van der Waals surface area contributed by atoms with Crippen LogP contribution in [0, 0.1) is 0 Å². The van der Waals surface area contributed by atoms with Gasteiger partial charge in [-0.2, -0.15) is 0 Å². The summed E-state index contributed by atoms with van der Waals surface area (Å²) in [5.74, 6) is -3.16. The molecule has 0 saturated carbocycles. The van der Waals surface area contributed by atoms with E-state index in [1.54, 1.807) is 6.08 Å². The predicted molar refractivity (Wildman–Crippen MR) is 61.8 cm³/mol. The van der Waals surface area contributed by atoms with E-state index < -0.39 is 30.3 Å². The van der Waals surface area contributed by atoms with Crippen LogP contribution in [0.5, 0.6) is 0 Å². The second-order valence-electron chi connectivity index (χ2n) is 3.82. The number of aliphatic carboxylic acids is 2. The maximum Gasteiger partial charge on any atom is 1.00 e. The van der Waals surface area contributed by atoms with Crippen LogP contribution < -0.4 is 113 Å². The molecule has 0 bridgehead atoms. The summed E-state index contributed by atoms with van der Waals surface area (Å²) in [6, 6.07) is -1.30. The normalized spacial score (nSPS) is 11.7. The van der Waals surface area contributed by atoms with Gasteiger partial charge in [0.05, 0.1) is 0 Å². The second-order valence-corrected chi connectivity index (χ2v) is 3.82. The summed E-state index contributed by atoms with van der Waals surface area (Å²) in [6.07, 6.45) is 3.45.